The molecule has 0 spiro atoms. The van der Waals surface area contributed by atoms with Crippen molar-refractivity contribution in [2.24, 2.45) is 0 Å². The highest BCUT2D eigenvalue weighted by molar-refractivity contribution is 7.18. The van der Waals surface area contributed by atoms with Gasteiger partial charge in [-0.1, -0.05) is 0 Å². The predicted octanol–water partition coefficient (Wildman–Crippen LogP) is 1.97. The highest BCUT2D eigenvalue weighted by Crippen LogP contribution is 2.30. The van der Waals surface area contributed by atoms with E-state index >= 15 is 0 Å². The summed E-state index contributed by atoms with van der Waals surface area (Å²) in [7, 11) is 0. The number of hydrogen-bond donors (Lipinski definition) is 1. The van der Waals surface area contributed by atoms with Crippen molar-refractivity contribution in [1.82, 2.24) is 19.8 Å². The van der Waals surface area contributed by atoms with Gasteiger partial charge in [-0.05, 0) is 39.2 Å². The number of aromatic amines is 1. The van der Waals surface area contributed by atoms with Crippen LogP contribution in [-0.4, -0.2) is 51.4 Å². The standard InChI is InChI=1S/C17H22N4O2S/c1-9-11(3)24-17-14(9)16(23)18-15(19-17)10(2)20-6-7-21(12-4-5-12)13(22)8-20/h10,12H,4-8H2,1-3H3,(H,18,19,23). The lowest BCUT2D eigenvalue weighted by molar-refractivity contribution is -0.137. The van der Waals surface area contributed by atoms with E-state index in [1.807, 2.05) is 25.7 Å². The molecule has 1 amide bonds. The van der Waals surface area contributed by atoms with E-state index in [4.69, 9.17) is 0 Å². The van der Waals surface area contributed by atoms with Crippen molar-refractivity contribution in [3.05, 3.63) is 26.6 Å². The van der Waals surface area contributed by atoms with Gasteiger partial charge in [0.05, 0.1) is 18.0 Å². The Morgan fingerprint density at radius 2 is 2.00 bits per heavy atom. The zero-order valence-electron chi connectivity index (χ0n) is 14.3. The number of carbonyl (C=O) groups excluding carboxylic acids is 1. The number of piperazine rings is 1. The maximum Gasteiger partial charge on any atom is 0.259 e. The molecule has 3 heterocycles. The van der Waals surface area contributed by atoms with Crippen LogP contribution in [0.3, 0.4) is 0 Å². The van der Waals surface area contributed by atoms with Crippen molar-refractivity contribution >= 4 is 27.5 Å². The van der Waals surface area contributed by atoms with E-state index in [1.54, 1.807) is 11.3 Å². The molecule has 1 aliphatic heterocycles. The van der Waals surface area contributed by atoms with Gasteiger partial charge in [-0.2, -0.15) is 0 Å². The summed E-state index contributed by atoms with van der Waals surface area (Å²) in [6.07, 6.45) is 2.29. The number of aryl methyl sites for hydroxylation is 2. The Morgan fingerprint density at radius 1 is 1.25 bits per heavy atom. The molecule has 1 saturated heterocycles. The Balaban J connectivity index is 1.60. The fraction of sp³-hybridized carbons (Fsp3) is 0.588. The van der Waals surface area contributed by atoms with Crippen LogP contribution < -0.4 is 5.56 Å². The van der Waals surface area contributed by atoms with Crippen molar-refractivity contribution in [2.75, 3.05) is 19.6 Å². The van der Waals surface area contributed by atoms with Crippen LogP contribution in [0.5, 0.6) is 0 Å². The third-order valence-corrected chi connectivity index (χ3v) is 6.38. The Labute approximate surface area is 144 Å². The predicted molar refractivity (Wildman–Crippen MR) is 94.4 cm³/mol. The van der Waals surface area contributed by atoms with Crippen molar-refractivity contribution in [1.29, 1.82) is 0 Å². The summed E-state index contributed by atoms with van der Waals surface area (Å²) in [6.45, 7) is 7.99. The van der Waals surface area contributed by atoms with Crippen molar-refractivity contribution in [3.8, 4) is 0 Å². The fourth-order valence-electron chi connectivity index (χ4n) is 3.45. The number of H-pyrrole nitrogens is 1. The number of aromatic nitrogens is 2. The smallest absolute Gasteiger partial charge is 0.259 e. The van der Waals surface area contributed by atoms with Gasteiger partial charge in [0, 0.05) is 24.0 Å². The van der Waals surface area contributed by atoms with E-state index < -0.39 is 0 Å². The molecule has 6 nitrogen and oxygen atoms in total. The van der Waals surface area contributed by atoms with Gasteiger partial charge in [-0.3, -0.25) is 14.5 Å². The van der Waals surface area contributed by atoms with Gasteiger partial charge < -0.3 is 9.88 Å². The van der Waals surface area contributed by atoms with Crippen LogP contribution in [0.25, 0.3) is 10.2 Å². The fourth-order valence-corrected chi connectivity index (χ4v) is 4.49. The zero-order valence-corrected chi connectivity index (χ0v) is 15.1. The van der Waals surface area contributed by atoms with Gasteiger partial charge in [0.2, 0.25) is 5.91 Å². The quantitative estimate of drug-likeness (QED) is 0.922. The molecule has 0 aromatic carbocycles. The second-order valence-corrected chi connectivity index (χ2v) is 8.08. The van der Waals surface area contributed by atoms with Crippen LogP contribution in [-0.2, 0) is 4.79 Å². The summed E-state index contributed by atoms with van der Waals surface area (Å²) in [4.78, 5) is 38.4. The zero-order chi connectivity index (χ0) is 17.0. The number of fused-ring (bicyclic) bond motifs is 1. The molecule has 1 saturated carbocycles. The summed E-state index contributed by atoms with van der Waals surface area (Å²) in [5.41, 5.74) is 0.933. The van der Waals surface area contributed by atoms with E-state index in [-0.39, 0.29) is 17.5 Å². The molecule has 2 fully saturated rings. The average Bonchev–Trinajstić information content (AvgIpc) is 3.33. The lowest BCUT2D eigenvalue weighted by Gasteiger charge is -2.37. The molecule has 1 aliphatic carbocycles. The largest absolute Gasteiger partial charge is 0.337 e. The van der Waals surface area contributed by atoms with Crippen LogP contribution in [0.15, 0.2) is 4.79 Å². The first-order valence-corrected chi connectivity index (χ1v) is 9.30. The van der Waals surface area contributed by atoms with Gasteiger partial charge in [0.25, 0.3) is 5.56 Å². The monoisotopic (exact) mass is 346 g/mol. The molecule has 2 aromatic heterocycles. The average molecular weight is 346 g/mol. The van der Waals surface area contributed by atoms with E-state index in [9.17, 15) is 9.59 Å². The minimum atomic E-state index is -0.0772. The van der Waals surface area contributed by atoms with Crippen LogP contribution >= 0.6 is 11.3 Å². The number of thiophene rings is 1. The number of rotatable bonds is 3. The van der Waals surface area contributed by atoms with E-state index in [2.05, 4.69) is 14.9 Å². The third kappa shape index (κ3) is 2.56. The lowest BCUT2D eigenvalue weighted by atomic mass is 10.2. The van der Waals surface area contributed by atoms with Gasteiger partial charge in [0.1, 0.15) is 10.7 Å². The molecule has 7 heteroatoms. The molecule has 2 aromatic rings. The first-order valence-electron chi connectivity index (χ1n) is 8.49. The normalized spacial score (nSPS) is 20.8. The Morgan fingerprint density at radius 3 is 2.67 bits per heavy atom. The number of hydrogen-bond acceptors (Lipinski definition) is 5. The van der Waals surface area contributed by atoms with Crippen LogP contribution in [0.1, 0.15) is 42.1 Å². The number of nitrogens with zero attached hydrogens (tertiary/aromatic N) is 3. The molecule has 128 valence electrons. The number of amides is 1. The molecule has 0 radical (unpaired) electrons. The first-order chi connectivity index (χ1) is 11.5. The molecule has 1 unspecified atom stereocenters. The summed E-state index contributed by atoms with van der Waals surface area (Å²) >= 11 is 1.56. The van der Waals surface area contributed by atoms with Crippen molar-refractivity contribution < 1.29 is 4.79 Å². The van der Waals surface area contributed by atoms with E-state index in [1.165, 1.54) is 0 Å². The molecule has 2 aliphatic rings. The minimum absolute atomic E-state index is 0.0740. The lowest BCUT2D eigenvalue weighted by Crippen LogP contribution is -2.51. The van der Waals surface area contributed by atoms with Gasteiger partial charge in [-0.25, -0.2) is 4.98 Å². The van der Waals surface area contributed by atoms with Crippen LogP contribution in [0.2, 0.25) is 0 Å². The number of carbonyl (C=O) groups is 1. The molecule has 4 rings (SSSR count). The third-order valence-electron chi connectivity index (χ3n) is 5.28. The summed E-state index contributed by atoms with van der Waals surface area (Å²) < 4.78 is 0. The molecule has 1 N–H and O–H groups in total. The summed E-state index contributed by atoms with van der Waals surface area (Å²) in [5.74, 6) is 0.850. The highest BCUT2D eigenvalue weighted by atomic mass is 32.1. The van der Waals surface area contributed by atoms with Crippen LogP contribution in [0, 0.1) is 13.8 Å². The van der Waals surface area contributed by atoms with E-state index in [0.29, 0.717) is 23.8 Å². The minimum Gasteiger partial charge on any atom is -0.337 e. The van der Waals surface area contributed by atoms with Gasteiger partial charge >= 0.3 is 0 Å². The van der Waals surface area contributed by atoms with E-state index in [0.717, 1.165) is 41.2 Å². The Hall–Kier alpha value is -1.73. The molecule has 0 bridgehead atoms. The first kappa shape index (κ1) is 15.8. The van der Waals surface area contributed by atoms with Gasteiger partial charge in [0.15, 0.2) is 0 Å². The maximum atomic E-state index is 12.5. The van der Waals surface area contributed by atoms with Crippen molar-refractivity contribution in [3.63, 3.8) is 0 Å². The molecule has 1 atom stereocenters. The number of nitrogens with one attached hydrogen (secondary N) is 1. The maximum absolute atomic E-state index is 12.5. The molecule has 24 heavy (non-hydrogen) atoms. The summed E-state index contributed by atoms with van der Waals surface area (Å²) in [5, 5.41) is 0.697. The molecular weight excluding hydrogens is 324 g/mol. The Bertz CT molecular complexity index is 867. The second-order valence-electron chi connectivity index (χ2n) is 6.88. The second kappa shape index (κ2) is 5.67. The topological polar surface area (TPSA) is 69.3 Å². The Kier molecular flexibility index (Phi) is 3.73. The van der Waals surface area contributed by atoms with Crippen LogP contribution in [0.4, 0.5) is 0 Å². The SMILES string of the molecule is Cc1sc2nc(C(C)N3CCN(C4CC4)C(=O)C3)[nH]c(=O)c2c1C. The highest BCUT2D eigenvalue weighted by Gasteiger charge is 2.37. The van der Waals surface area contributed by atoms with Crippen molar-refractivity contribution in [2.45, 2.75) is 45.7 Å². The van der Waals surface area contributed by atoms with Gasteiger partial charge in [-0.15, -0.1) is 11.3 Å². The molecular formula is C17H22N4O2S. The summed E-state index contributed by atoms with van der Waals surface area (Å²) in [6, 6.07) is 0.399.